The third-order valence-corrected chi connectivity index (χ3v) is 5.12. The maximum Gasteiger partial charge on any atom is 0.253 e. The Morgan fingerprint density at radius 3 is 1.87 bits per heavy atom. The minimum atomic E-state index is -1.25. The number of benzene rings is 3. The molecule has 1 aliphatic rings. The van der Waals surface area contributed by atoms with Crippen molar-refractivity contribution in [3.63, 3.8) is 0 Å². The van der Waals surface area contributed by atoms with Gasteiger partial charge in [-0.2, -0.15) is 0 Å². The number of amides is 1. The van der Waals surface area contributed by atoms with E-state index in [4.69, 9.17) is 4.74 Å². The quantitative estimate of drug-likeness (QED) is 0.657. The fourth-order valence-corrected chi connectivity index (χ4v) is 3.45. The van der Waals surface area contributed by atoms with E-state index >= 15 is 0 Å². The van der Waals surface area contributed by atoms with Crippen molar-refractivity contribution in [3.8, 4) is 11.5 Å². The van der Waals surface area contributed by atoms with Crippen LogP contribution in [0.4, 0.5) is 5.69 Å². The van der Waals surface area contributed by atoms with E-state index in [9.17, 15) is 14.7 Å². The first-order chi connectivity index (χ1) is 14.6. The number of para-hydroxylation sites is 1. The molecular weight excluding hydrogens is 380 g/mol. The van der Waals surface area contributed by atoms with E-state index in [1.54, 1.807) is 4.90 Å². The number of hydrogen-bond acceptors (Lipinski definition) is 5. The van der Waals surface area contributed by atoms with Gasteiger partial charge in [0, 0.05) is 37.4 Å². The van der Waals surface area contributed by atoms with Gasteiger partial charge in [-0.15, -0.1) is 0 Å². The molecule has 1 aliphatic heterocycles. The zero-order chi connectivity index (χ0) is 20.9. The van der Waals surface area contributed by atoms with Gasteiger partial charge >= 0.3 is 0 Å². The molecule has 1 amide bonds. The van der Waals surface area contributed by atoms with Gasteiger partial charge in [0.05, 0.1) is 5.97 Å². The lowest BCUT2D eigenvalue weighted by Crippen LogP contribution is -2.48. The Kier molecular flexibility index (Phi) is 5.66. The number of piperazine rings is 1. The summed E-state index contributed by atoms with van der Waals surface area (Å²) in [5, 5.41) is 10.8. The molecule has 1 fully saturated rings. The van der Waals surface area contributed by atoms with Crippen LogP contribution in [0.1, 0.15) is 20.7 Å². The normalized spacial score (nSPS) is 13.7. The van der Waals surface area contributed by atoms with Crippen LogP contribution in [0, 0.1) is 0 Å². The van der Waals surface area contributed by atoms with E-state index in [1.165, 1.54) is 24.3 Å². The molecule has 0 bridgehead atoms. The second-order valence-corrected chi connectivity index (χ2v) is 7.05. The van der Waals surface area contributed by atoms with E-state index in [1.807, 2.05) is 54.6 Å². The van der Waals surface area contributed by atoms with E-state index in [2.05, 4.69) is 4.90 Å². The van der Waals surface area contributed by atoms with Gasteiger partial charge in [0.15, 0.2) is 0 Å². The van der Waals surface area contributed by atoms with Crippen LogP contribution in [-0.4, -0.2) is 43.0 Å². The molecule has 0 unspecified atom stereocenters. The third kappa shape index (κ3) is 4.43. The molecule has 0 aliphatic carbocycles. The molecule has 0 N–H and O–H groups in total. The monoisotopic (exact) mass is 401 g/mol. The van der Waals surface area contributed by atoms with Crippen LogP contribution in [0.3, 0.4) is 0 Å². The van der Waals surface area contributed by atoms with Crippen LogP contribution in [-0.2, 0) is 0 Å². The Bertz CT molecular complexity index is 1010. The molecule has 1 saturated heterocycles. The summed E-state index contributed by atoms with van der Waals surface area (Å²) < 4.78 is 5.83. The lowest BCUT2D eigenvalue weighted by Gasteiger charge is -2.36. The largest absolute Gasteiger partial charge is 0.545 e. The summed E-state index contributed by atoms with van der Waals surface area (Å²) in [7, 11) is 0. The highest BCUT2D eigenvalue weighted by Gasteiger charge is 2.22. The van der Waals surface area contributed by atoms with Crippen molar-refractivity contribution in [1.82, 2.24) is 4.90 Å². The average molecular weight is 401 g/mol. The van der Waals surface area contributed by atoms with Gasteiger partial charge in [-0.25, -0.2) is 0 Å². The van der Waals surface area contributed by atoms with Gasteiger partial charge in [-0.3, -0.25) is 4.79 Å². The first-order valence-corrected chi connectivity index (χ1v) is 9.79. The smallest absolute Gasteiger partial charge is 0.253 e. The van der Waals surface area contributed by atoms with E-state index in [-0.39, 0.29) is 11.5 Å². The first-order valence-electron chi connectivity index (χ1n) is 9.79. The number of carbonyl (C=O) groups excluding carboxylic acids is 2. The zero-order valence-corrected chi connectivity index (χ0v) is 16.4. The lowest BCUT2D eigenvalue weighted by molar-refractivity contribution is -0.255. The Hall–Kier alpha value is -3.80. The predicted octanol–water partition coefficient (Wildman–Crippen LogP) is 2.80. The van der Waals surface area contributed by atoms with Crippen molar-refractivity contribution < 1.29 is 19.4 Å². The van der Waals surface area contributed by atoms with E-state index < -0.39 is 5.97 Å². The zero-order valence-electron chi connectivity index (χ0n) is 16.4. The highest BCUT2D eigenvalue weighted by molar-refractivity contribution is 5.95. The molecule has 30 heavy (non-hydrogen) atoms. The number of carboxylic acid groups (broad SMARTS) is 1. The average Bonchev–Trinajstić information content (AvgIpc) is 2.80. The molecule has 0 atom stereocenters. The topological polar surface area (TPSA) is 72.9 Å². The van der Waals surface area contributed by atoms with Crippen molar-refractivity contribution >= 4 is 17.6 Å². The van der Waals surface area contributed by atoms with Crippen LogP contribution in [0.25, 0.3) is 0 Å². The molecule has 0 radical (unpaired) electrons. The first kappa shape index (κ1) is 19.5. The van der Waals surface area contributed by atoms with Crippen LogP contribution in [0.2, 0.25) is 0 Å². The lowest BCUT2D eigenvalue weighted by atomic mass is 10.1. The van der Waals surface area contributed by atoms with E-state index in [0.717, 1.165) is 30.3 Å². The summed E-state index contributed by atoms with van der Waals surface area (Å²) in [6.45, 7) is 2.65. The minimum absolute atomic E-state index is 0.0658. The maximum atomic E-state index is 12.7. The third-order valence-electron chi connectivity index (χ3n) is 5.12. The molecule has 3 aromatic rings. The number of anilines is 1. The minimum Gasteiger partial charge on any atom is -0.545 e. The standard InChI is InChI=1S/C24H22N2O4/c27-23(18-6-8-19(9-7-18)24(28)29)26-16-14-25(15-17-26)20-10-12-22(13-11-20)30-21-4-2-1-3-5-21/h1-13H,14-17H2,(H,28,29)/p-1. The summed E-state index contributed by atoms with van der Waals surface area (Å²) in [4.78, 5) is 27.5. The Morgan fingerprint density at radius 2 is 1.27 bits per heavy atom. The summed E-state index contributed by atoms with van der Waals surface area (Å²) >= 11 is 0. The SMILES string of the molecule is O=C([O-])c1ccc(C(=O)N2CCN(c3ccc(Oc4ccccc4)cc3)CC2)cc1. The van der Waals surface area contributed by atoms with Crippen LogP contribution in [0.15, 0.2) is 78.9 Å². The molecule has 3 aromatic carbocycles. The molecule has 6 nitrogen and oxygen atoms in total. The van der Waals surface area contributed by atoms with Crippen LogP contribution < -0.4 is 14.7 Å². The van der Waals surface area contributed by atoms with Gasteiger partial charge in [0.25, 0.3) is 5.91 Å². The van der Waals surface area contributed by atoms with Gasteiger partial charge in [-0.1, -0.05) is 30.3 Å². The molecule has 152 valence electrons. The molecule has 0 spiro atoms. The fourth-order valence-electron chi connectivity index (χ4n) is 3.45. The summed E-state index contributed by atoms with van der Waals surface area (Å²) in [5.74, 6) is 0.234. The predicted molar refractivity (Wildman–Crippen MR) is 112 cm³/mol. The van der Waals surface area contributed by atoms with Crippen molar-refractivity contribution in [2.24, 2.45) is 0 Å². The van der Waals surface area contributed by atoms with Crippen LogP contribution in [0.5, 0.6) is 11.5 Å². The van der Waals surface area contributed by atoms with Gasteiger partial charge in [-0.05, 0) is 54.1 Å². The van der Waals surface area contributed by atoms with E-state index in [0.29, 0.717) is 18.7 Å². The number of hydrogen-bond donors (Lipinski definition) is 0. The molecule has 0 aromatic heterocycles. The number of rotatable bonds is 5. The Labute approximate surface area is 174 Å². The number of ether oxygens (including phenoxy) is 1. The Morgan fingerprint density at radius 1 is 0.700 bits per heavy atom. The van der Waals surface area contributed by atoms with Gasteiger partial charge < -0.3 is 24.4 Å². The maximum absolute atomic E-state index is 12.7. The highest BCUT2D eigenvalue weighted by atomic mass is 16.5. The summed E-state index contributed by atoms with van der Waals surface area (Å²) in [5.41, 5.74) is 1.63. The van der Waals surface area contributed by atoms with Crippen molar-refractivity contribution in [2.45, 2.75) is 0 Å². The number of carboxylic acids is 1. The summed E-state index contributed by atoms with van der Waals surface area (Å²) in [6.07, 6.45) is 0. The Balaban J connectivity index is 1.33. The molecular formula is C24H21N2O4-. The number of carbonyl (C=O) groups is 2. The molecule has 1 heterocycles. The fraction of sp³-hybridized carbons (Fsp3) is 0.167. The van der Waals surface area contributed by atoms with Gasteiger partial charge in [0.2, 0.25) is 0 Å². The van der Waals surface area contributed by atoms with Crippen molar-refractivity contribution in [1.29, 1.82) is 0 Å². The molecule has 6 heteroatoms. The highest BCUT2D eigenvalue weighted by Crippen LogP contribution is 2.25. The second-order valence-electron chi connectivity index (χ2n) is 7.05. The number of aromatic carboxylic acids is 1. The van der Waals surface area contributed by atoms with Gasteiger partial charge in [0.1, 0.15) is 11.5 Å². The van der Waals surface area contributed by atoms with Crippen LogP contribution >= 0.6 is 0 Å². The molecule has 0 saturated carbocycles. The molecule has 4 rings (SSSR count). The number of nitrogens with zero attached hydrogens (tertiary/aromatic N) is 2. The van der Waals surface area contributed by atoms with Crippen molar-refractivity contribution in [2.75, 3.05) is 31.1 Å². The summed E-state index contributed by atoms with van der Waals surface area (Å²) in [6, 6.07) is 23.4. The van der Waals surface area contributed by atoms with Crippen molar-refractivity contribution in [3.05, 3.63) is 90.0 Å². The second kappa shape index (κ2) is 8.69.